The maximum Gasteiger partial charge on any atom is 0.235 e. The van der Waals surface area contributed by atoms with Crippen molar-refractivity contribution in [1.82, 2.24) is 5.32 Å². The van der Waals surface area contributed by atoms with Crippen LogP contribution in [0.25, 0.3) is 0 Å². The predicted molar refractivity (Wildman–Crippen MR) is 127 cm³/mol. The Hall–Kier alpha value is -0.806. The number of carbonyl (C=O) groups excluding carboxylic acids is 1. The molecular weight excluding hydrogens is 412 g/mol. The fourth-order valence-corrected chi connectivity index (χ4v) is 5.52. The molecule has 30 heavy (non-hydrogen) atoms. The fourth-order valence-electron chi connectivity index (χ4n) is 3.15. The van der Waals surface area contributed by atoms with Crippen LogP contribution in [-0.4, -0.2) is 53.3 Å². The Morgan fingerprint density at radius 1 is 1.10 bits per heavy atom. The molecule has 0 aromatic rings. The summed E-state index contributed by atoms with van der Waals surface area (Å²) >= 11 is 0. The third-order valence-electron chi connectivity index (χ3n) is 7.33. The molecule has 2 aliphatic rings. The van der Waals surface area contributed by atoms with E-state index in [1.165, 1.54) is 0 Å². The van der Waals surface area contributed by atoms with Crippen molar-refractivity contribution < 1.29 is 18.4 Å². The minimum Gasteiger partial charge on any atom is -0.414 e. The Bertz CT molecular complexity index is 692. The topological polar surface area (TPSA) is 80.6 Å². The molecule has 6 nitrogen and oxygen atoms in total. The van der Waals surface area contributed by atoms with Crippen molar-refractivity contribution in [3.8, 4) is 0 Å². The second-order valence-corrected chi connectivity index (χ2v) is 21.3. The first-order valence-corrected chi connectivity index (χ1v) is 16.8. The number of hydrogen-bond acceptors (Lipinski definition) is 5. The molecule has 172 valence electrons. The summed E-state index contributed by atoms with van der Waals surface area (Å²) in [5.74, 6) is -0.451. The van der Waals surface area contributed by atoms with Gasteiger partial charge in [0.15, 0.2) is 16.6 Å². The monoisotopic (exact) mass is 454 g/mol. The zero-order valence-electron chi connectivity index (χ0n) is 20.5. The molecule has 0 saturated carbocycles. The van der Waals surface area contributed by atoms with Gasteiger partial charge < -0.3 is 18.9 Å². The second-order valence-electron chi connectivity index (χ2n) is 11.7. The van der Waals surface area contributed by atoms with Gasteiger partial charge in [-0.1, -0.05) is 47.6 Å². The molecule has 0 aromatic carbocycles. The molecule has 2 rings (SSSR count). The van der Waals surface area contributed by atoms with Gasteiger partial charge in [0.2, 0.25) is 5.91 Å². The lowest BCUT2D eigenvalue weighted by atomic mass is 9.95. The zero-order valence-corrected chi connectivity index (χ0v) is 22.5. The SMILES string of the molecule is CC(C)(C)[Si](C)(C)OC[C@H]1O[C@@H](C2C=CC(=N)NC2=O)C[C@H]1O[Si](C)(C)C(C)(C)C. The van der Waals surface area contributed by atoms with Crippen LogP contribution >= 0.6 is 0 Å². The molecule has 0 aromatic heterocycles. The molecule has 2 N–H and O–H groups in total. The average Bonchev–Trinajstić information content (AvgIpc) is 2.92. The van der Waals surface area contributed by atoms with Gasteiger partial charge in [0, 0.05) is 6.42 Å². The molecule has 0 aliphatic carbocycles. The Morgan fingerprint density at radius 3 is 2.17 bits per heavy atom. The molecule has 0 spiro atoms. The van der Waals surface area contributed by atoms with Crippen molar-refractivity contribution in [3.63, 3.8) is 0 Å². The van der Waals surface area contributed by atoms with Gasteiger partial charge in [0.05, 0.1) is 24.7 Å². The van der Waals surface area contributed by atoms with Crippen molar-refractivity contribution >= 4 is 28.4 Å². The van der Waals surface area contributed by atoms with Crippen molar-refractivity contribution in [2.75, 3.05) is 6.61 Å². The van der Waals surface area contributed by atoms with E-state index in [-0.39, 0.29) is 40.1 Å². The highest BCUT2D eigenvalue weighted by atomic mass is 28.4. The van der Waals surface area contributed by atoms with Gasteiger partial charge in [0.1, 0.15) is 11.9 Å². The highest BCUT2D eigenvalue weighted by Crippen LogP contribution is 2.42. The molecular formula is C22H42N2O4Si2. The van der Waals surface area contributed by atoms with Crippen LogP contribution in [0.5, 0.6) is 0 Å². The molecule has 1 fully saturated rings. The third-order valence-corrected chi connectivity index (χ3v) is 16.3. The van der Waals surface area contributed by atoms with E-state index in [9.17, 15) is 4.79 Å². The lowest BCUT2D eigenvalue weighted by Crippen LogP contribution is -2.48. The molecule has 4 atom stereocenters. The van der Waals surface area contributed by atoms with E-state index >= 15 is 0 Å². The summed E-state index contributed by atoms with van der Waals surface area (Å²) in [6, 6.07) is 0. The Kier molecular flexibility index (Phi) is 7.31. The summed E-state index contributed by atoms with van der Waals surface area (Å²) in [5.41, 5.74) is 0. The van der Waals surface area contributed by atoms with Crippen molar-refractivity contribution in [1.29, 1.82) is 5.41 Å². The number of amides is 1. The summed E-state index contributed by atoms with van der Waals surface area (Å²) in [5, 5.41) is 10.5. The average molecular weight is 455 g/mol. The van der Waals surface area contributed by atoms with E-state index in [4.69, 9.17) is 19.0 Å². The van der Waals surface area contributed by atoms with Crippen LogP contribution in [0.1, 0.15) is 48.0 Å². The van der Waals surface area contributed by atoms with Crippen molar-refractivity contribution in [2.24, 2.45) is 5.92 Å². The normalized spacial score (nSPS) is 28.7. The number of amidine groups is 1. The molecule has 0 radical (unpaired) electrons. The van der Waals surface area contributed by atoms with E-state index in [1.54, 1.807) is 12.2 Å². The van der Waals surface area contributed by atoms with E-state index in [0.717, 1.165) is 0 Å². The number of rotatable bonds is 6. The first-order chi connectivity index (χ1) is 13.4. The number of hydrogen-bond donors (Lipinski definition) is 2. The van der Waals surface area contributed by atoms with Gasteiger partial charge in [-0.25, -0.2) is 0 Å². The van der Waals surface area contributed by atoms with Crippen LogP contribution in [0.2, 0.25) is 36.3 Å². The maximum atomic E-state index is 12.5. The van der Waals surface area contributed by atoms with Gasteiger partial charge in [-0.05, 0) is 42.3 Å². The number of carbonyl (C=O) groups is 1. The molecule has 1 saturated heterocycles. The second kappa shape index (κ2) is 8.62. The van der Waals surface area contributed by atoms with Crippen LogP contribution in [0.3, 0.4) is 0 Å². The summed E-state index contributed by atoms with van der Waals surface area (Å²) in [6.45, 7) is 22.9. The fraction of sp³-hybridized carbons (Fsp3) is 0.818. The van der Waals surface area contributed by atoms with E-state index in [2.05, 4.69) is 73.0 Å². The quantitative estimate of drug-likeness (QED) is 0.563. The number of nitrogens with one attached hydrogen (secondary N) is 2. The molecule has 1 amide bonds. The van der Waals surface area contributed by atoms with Gasteiger partial charge >= 0.3 is 0 Å². The van der Waals surface area contributed by atoms with Crippen LogP contribution in [0.15, 0.2) is 12.2 Å². The van der Waals surface area contributed by atoms with Crippen molar-refractivity contribution in [2.45, 2.75) is 103 Å². The first-order valence-electron chi connectivity index (χ1n) is 11.0. The largest absolute Gasteiger partial charge is 0.414 e. The summed E-state index contributed by atoms with van der Waals surface area (Å²) in [4.78, 5) is 12.5. The minimum atomic E-state index is -2.01. The summed E-state index contributed by atoms with van der Waals surface area (Å²) < 4.78 is 19.6. The van der Waals surface area contributed by atoms with Gasteiger partial charge in [-0.15, -0.1) is 0 Å². The van der Waals surface area contributed by atoms with Gasteiger partial charge in [-0.2, -0.15) is 0 Å². The lowest BCUT2D eigenvalue weighted by Gasteiger charge is -2.40. The van der Waals surface area contributed by atoms with Crippen molar-refractivity contribution in [3.05, 3.63) is 12.2 Å². The molecule has 8 heteroatoms. The highest BCUT2D eigenvalue weighted by molar-refractivity contribution is 6.74. The van der Waals surface area contributed by atoms with Gasteiger partial charge in [-0.3, -0.25) is 10.2 Å². The summed E-state index contributed by atoms with van der Waals surface area (Å²) in [7, 11) is -3.93. The zero-order chi connectivity index (χ0) is 23.1. The minimum absolute atomic E-state index is 0.0904. The smallest absolute Gasteiger partial charge is 0.235 e. The van der Waals surface area contributed by atoms with E-state index < -0.39 is 22.6 Å². The predicted octanol–water partition coefficient (Wildman–Crippen LogP) is 4.84. The van der Waals surface area contributed by atoms with Crippen LogP contribution in [-0.2, 0) is 18.4 Å². The van der Waals surface area contributed by atoms with Gasteiger partial charge in [0.25, 0.3) is 0 Å². The molecule has 0 bridgehead atoms. The Labute approximate surface area is 184 Å². The first kappa shape index (κ1) is 25.5. The van der Waals surface area contributed by atoms with Crippen LogP contribution in [0, 0.1) is 11.3 Å². The molecule has 1 unspecified atom stereocenters. The Balaban J connectivity index is 2.21. The summed E-state index contributed by atoms with van der Waals surface area (Å²) in [6.07, 6.45) is 3.53. The molecule has 2 heterocycles. The van der Waals surface area contributed by atoms with Crippen LogP contribution < -0.4 is 5.32 Å². The van der Waals surface area contributed by atoms with E-state index in [1.807, 2.05) is 0 Å². The Morgan fingerprint density at radius 2 is 1.67 bits per heavy atom. The standard InChI is InChI=1S/C22H42N2O4Si2/c1-21(2,3)29(7,8)26-14-18-17(28-30(9,10)22(4,5)6)13-16(27-18)15-11-12-19(23)24-20(15)25/h11-12,15-18H,13-14H2,1-10H3,(H2,23,24,25)/t15?,16-,17-,18-/m1/s1. The van der Waals surface area contributed by atoms with E-state index in [0.29, 0.717) is 13.0 Å². The number of ether oxygens (including phenoxy) is 1. The maximum absolute atomic E-state index is 12.5. The third kappa shape index (κ3) is 5.70. The lowest BCUT2D eigenvalue weighted by molar-refractivity contribution is -0.127. The van der Waals surface area contributed by atoms with Crippen LogP contribution in [0.4, 0.5) is 0 Å². The molecule has 2 aliphatic heterocycles. The highest BCUT2D eigenvalue weighted by Gasteiger charge is 2.48.